The summed E-state index contributed by atoms with van der Waals surface area (Å²) >= 11 is 0. The Morgan fingerprint density at radius 1 is 1.21 bits per heavy atom. The molecule has 1 aromatic carbocycles. The van der Waals surface area contributed by atoms with Crippen LogP contribution in [0.2, 0.25) is 0 Å². The van der Waals surface area contributed by atoms with E-state index in [1.165, 1.54) is 0 Å². The number of ether oxygens (including phenoxy) is 3. The molecule has 0 amide bonds. The van der Waals surface area contributed by atoms with Crippen LogP contribution in [0.5, 0.6) is 11.5 Å². The number of aromatic nitrogens is 1. The number of H-pyrrole nitrogens is 1. The largest absolute Gasteiger partial charge is 0.486 e. The van der Waals surface area contributed by atoms with Crippen LogP contribution in [0.3, 0.4) is 0 Å². The van der Waals surface area contributed by atoms with Crippen molar-refractivity contribution in [2.24, 2.45) is 0 Å². The molecule has 2 aromatic rings. The average Bonchev–Trinajstić information content (AvgIpc) is 2.96. The van der Waals surface area contributed by atoms with Crippen LogP contribution in [0.1, 0.15) is 47.2 Å². The van der Waals surface area contributed by atoms with Crippen molar-refractivity contribution in [2.75, 3.05) is 19.8 Å². The Balaban J connectivity index is 1.91. The van der Waals surface area contributed by atoms with Gasteiger partial charge in [-0.1, -0.05) is 6.07 Å². The van der Waals surface area contributed by atoms with Gasteiger partial charge in [-0.25, -0.2) is 17.9 Å². The van der Waals surface area contributed by atoms with Crippen molar-refractivity contribution in [2.45, 2.75) is 38.6 Å². The molecule has 2 heterocycles. The Labute approximate surface area is 164 Å². The van der Waals surface area contributed by atoms with Gasteiger partial charge in [-0.15, -0.1) is 0 Å². The molecule has 152 valence electrons. The lowest BCUT2D eigenvalue weighted by Gasteiger charge is -2.21. The molecule has 1 aliphatic rings. The van der Waals surface area contributed by atoms with Crippen LogP contribution < -0.4 is 14.2 Å². The van der Waals surface area contributed by atoms with Crippen LogP contribution in [0.4, 0.5) is 0 Å². The van der Waals surface area contributed by atoms with Crippen LogP contribution in [0.15, 0.2) is 23.1 Å². The number of sulfonamides is 1. The number of carbonyl (C=O) groups is 1. The molecule has 28 heavy (non-hydrogen) atoms. The van der Waals surface area contributed by atoms with Gasteiger partial charge >= 0.3 is 5.97 Å². The molecule has 9 heteroatoms. The van der Waals surface area contributed by atoms with Gasteiger partial charge in [-0.2, -0.15) is 0 Å². The first kappa shape index (κ1) is 20.2. The Bertz CT molecular complexity index is 996. The zero-order chi connectivity index (χ0) is 20.5. The van der Waals surface area contributed by atoms with Crippen molar-refractivity contribution in [3.8, 4) is 11.5 Å². The van der Waals surface area contributed by atoms with Crippen molar-refractivity contribution in [1.82, 2.24) is 9.71 Å². The fraction of sp³-hybridized carbons (Fsp3) is 0.421. The maximum Gasteiger partial charge on any atom is 0.341 e. The molecule has 8 nitrogen and oxygen atoms in total. The molecular formula is C19H24N2O6S. The summed E-state index contributed by atoms with van der Waals surface area (Å²) in [6.07, 6.45) is 0. The lowest BCUT2D eigenvalue weighted by molar-refractivity contribution is 0.0521. The van der Waals surface area contributed by atoms with Crippen molar-refractivity contribution >= 4 is 16.0 Å². The molecular weight excluding hydrogens is 384 g/mol. The van der Waals surface area contributed by atoms with Gasteiger partial charge in [0.25, 0.3) is 0 Å². The van der Waals surface area contributed by atoms with Gasteiger partial charge in [-0.05, 0) is 45.4 Å². The van der Waals surface area contributed by atoms with E-state index in [0.29, 0.717) is 36.1 Å². The molecule has 2 N–H and O–H groups in total. The Hall–Kier alpha value is -2.52. The molecule has 0 saturated carbocycles. The van der Waals surface area contributed by atoms with E-state index in [0.717, 1.165) is 5.56 Å². The second-order valence-corrected chi connectivity index (χ2v) is 8.20. The maximum absolute atomic E-state index is 13.1. The summed E-state index contributed by atoms with van der Waals surface area (Å²) in [4.78, 5) is 15.1. The molecule has 0 saturated heterocycles. The number of hydrogen-bond donors (Lipinski definition) is 2. The summed E-state index contributed by atoms with van der Waals surface area (Å²) in [7, 11) is -3.99. The van der Waals surface area contributed by atoms with Crippen LogP contribution in [-0.2, 0) is 14.8 Å². The minimum Gasteiger partial charge on any atom is -0.486 e. The van der Waals surface area contributed by atoms with E-state index in [9.17, 15) is 13.2 Å². The van der Waals surface area contributed by atoms with E-state index < -0.39 is 22.0 Å². The molecule has 1 aliphatic heterocycles. The summed E-state index contributed by atoms with van der Waals surface area (Å²) in [5.41, 5.74) is 1.57. The van der Waals surface area contributed by atoms with Crippen molar-refractivity contribution in [3.05, 3.63) is 40.7 Å². The molecule has 0 bridgehead atoms. The van der Waals surface area contributed by atoms with Crippen LogP contribution in [0.25, 0.3) is 0 Å². The van der Waals surface area contributed by atoms with Gasteiger partial charge in [0.2, 0.25) is 10.0 Å². The van der Waals surface area contributed by atoms with E-state index >= 15 is 0 Å². The zero-order valence-electron chi connectivity index (χ0n) is 16.3. The predicted molar refractivity (Wildman–Crippen MR) is 102 cm³/mol. The summed E-state index contributed by atoms with van der Waals surface area (Å²) in [5, 5.41) is 0. The first-order valence-electron chi connectivity index (χ1n) is 9.02. The van der Waals surface area contributed by atoms with Gasteiger partial charge in [0.15, 0.2) is 11.5 Å². The maximum atomic E-state index is 13.1. The van der Waals surface area contributed by atoms with Gasteiger partial charge < -0.3 is 19.2 Å². The number of esters is 1. The highest BCUT2D eigenvalue weighted by molar-refractivity contribution is 7.89. The topological polar surface area (TPSA) is 107 Å². The number of carbonyl (C=O) groups excluding carboxylic acids is 1. The number of rotatable bonds is 6. The fourth-order valence-electron chi connectivity index (χ4n) is 3.23. The molecule has 1 unspecified atom stereocenters. The molecule has 0 aliphatic carbocycles. The number of benzene rings is 1. The standard InChI is InChI=1S/C19H24N2O6S/c1-5-25-19(22)17-12(3)20-13(4)18(17)28(23,24)21-11(2)14-6-7-15-16(10-14)27-9-8-26-15/h6-7,10-11,20-21H,5,8-9H2,1-4H3. The second-order valence-electron chi connectivity index (χ2n) is 6.55. The molecule has 0 fully saturated rings. The minimum absolute atomic E-state index is 0.0289. The number of nitrogens with one attached hydrogen (secondary N) is 2. The summed E-state index contributed by atoms with van der Waals surface area (Å²) < 4.78 is 44.9. The van der Waals surface area contributed by atoms with E-state index in [2.05, 4.69) is 9.71 Å². The van der Waals surface area contributed by atoms with Crippen LogP contribution in [-0.4, -0.2) is 39.2 Å². The third-order valence-corrected chi connectivity index (χ3v) is 6.18. The van der Waals surface area contributed by atoms with Crippen LogP contribution in [0, 0.1) is 13.8 Å². The van der Waals surface area contributed by atoms with Gasteiger partial charge in [0.1, 0.15) is 23.7 Å². The molecule has 3 rings (SSSR count). The van der Waals surface area contributed by atoms with Crippen molar-refractivity contribution in [1.29, 1.82) is 0 Å². The van der Waals surface area contributed by atoms with E-state index in [1.54, 1.807) is 45.9 Å². The number of hydrogen-bond acceptors (Lipinski definition) is 6. The predicted octanol–water partition coefficient (Wildman–Crippen LogP) is 2.62. The lowest BCUT2D eigenvalue weighted by Crippen LogP contribution is -2.29. The van der Waals surface area contributed by atoms with Gasteiger partial charge in [0, 0.05) is 17.4 Å². The van der Waals surface area contributed by atoms with Gasteiger partial charge in [0.05, 0.1) is 6.61 Å². The molecule has 1 atom stereocenters. The Morgan fingerprint density at radius 3 is 2.57 bits per heavy atom. The highest BCUT2D eigenvalue weighted by atomic mass is 32.2. The third kappa shape index (κ3) is 3.85. The SMILES string of the molecule is CCOC(=O)c1c(C)[nH]c(C)c1S(=O)(=O)NC(C)c1ccc2c(c1)OCCO2. The minimum atomic E-state index is -3.99. The Morgan fingerprint density at radius 2 is 1.89 bits per heavy atom. The normalized spacial score (nSPS) is 14.6. The van der Waals surface area contributed by atoms with E-state index in [4.69, 9.17) is 14.2 Å². The fourth-order valence-corrected chi connectivity index (χ4v) is 4.91. The lowest BCUT2D eigenvalue weighted by atomic mass is 10.1. The first-order valence-corrected chi connectivity index (χ1v) is 10.5. The molecule has 0 spiro atoms. The first-order chi connectivity index (χ1) is 13.2. The third-order valence-electron chi connectivity index (χ3n) is 4.46. The monoisotopic (exact) mass is 408 g/mol. The Kier molecular flexibility index (Phi) is 5.66. The van der Waals surface area contributed by atoms with E-state index in [-0.39, 0.29) is 17.1 Å². The highest BCUT2D eigenvalue weighted by Crippen LogP contribution is 2.33. The van der Waals surface area contributed by atoms with Crippen molar-refractivity contribution in [3.63, 3.8) is 0 Å². The summed E-state index contributed by atoms with van der Waals surface area (Å²) in [5.74, 6) is 0.541. The molecule has 1 aromatic heterocycles. The summed E-state index contributed by atoms with van der Waals surface area (Å²) in [6.45, 7) is 7.73. The van der Waals surface area contributed by atoms with Crippen LogP contribution >= 0.6 is 0 Å². The average molecular weight is 408 g/mol. The summed E-state index contributed by atoms with van der Waals surface area (Å²) in [6, 6.07) is 4.74. The zero-order valence-corrected chi connectivity index (χ0v) is 17.1. The quantitative estimate of drug-likeness (QED) is 0.712. The smallest absolute Gasteiger partial charge is 0.341 e. The van der Waals surface area contributed by atoms with Gasteiger partial charge in [-0.3, -0.25) is 0 Å². The highest BCUT2D eigenvalue weighted by Gasteiger charge is 2.31. The van der Waals surface area contributed by atoms with Crippen molar-refractivity contribution < 1.29 is 27.4 Å². The second kappa shape index (κ2) is 7.84. The molecule has 0 radical (unpaired) electrons. The number of aromatic amines is 1. The number of aryl methyl sites for hydroxylation is 2. The number of fused-ring (bicyclic) bond motifs is 1. The van der Waals surface area contributed by atoms with E-state index in [1.807, 2.05) is 0 Å².